The summed E-state index contributed by atoms with van der Waals surface area (Å²) in [5.74, 6) is 0.609. The van der Waals surface area contributed by atoms with E-state index in [1.54, 1.807) is 0 Å². The third kappa shape index (κ3) is 4.90. The molecule has 35 heavy (non-hydrogen) atoms. The lowest BCUT2D eigenvalue weighted by atomic mass is 9.75. The number of piperazine rings is 1. The molecule has 2 saturated heterocycles. The largest absolute Gasteiger partial charge is 0.495 e. The first-order valence-electron chi connectivity index (χ1n) is 12.6. The number of nitrogens with zero attached hydrogens (tertiary/aromatic N) is 3. The van der Waals surface area contributed by atoms with Crippen LogP contribution in [0.1, 0.15) is 57.5 Å². The molecule has 1 amide bonds. The average molecular weight is 479 g/mol. The van der Waals surface area contributed by atoms with E-state index < -0.39 is 18.3 Å². The summed E-state index contributed by atoms with van der Waals surface area (Å²) in [5.41, 5.74) is 3.42. The minimum atomic E-state index is -0.508. The molecular formula is C26H38BN5O3. The molecule has 4 heterocycles. The van der Waals surface area contributed by atoms with Gasteiger partial charge in [-0.3, -0.25) is 4.79 Å². The van der Waals surface area contributed by atoms with Crippen LogP contribution in [-0.4, -0.2) is 67.3 Å². The third-order valence-corrected chi connectivity index (χ3v) is 7.39. The van der Waals surface area contributed by atoms with Crippen molar-refractivity contribution in [3.63, 3.8) is 0 Å². The number of carbonyl (C=O) groups is 1. The van der Waals surface area contributed by atoms with Gasteiger partial charge in [-0.05, 0) is 64.0 Å². The number of amides is 1. The Hall–Kier alpha value is -2.62. The molecule has 0 spiro atoms. The molecule has 0 aliphatic carbocycles. The number of hydrogen-bond acceptors (Lipinski definition) is 7. The van der Waals surface area contributed by atoms with E-state index in [1.165, 1.54) is 0 Å². The van der Waals surface area contributed by atoms with Gasteiger partial charge < -0.3 is 29.7 Å². The molecule has 2 fully saturated rings. The smallest absolute Gasteiger partial charge is 0.399 e. The fourth-order valence-corrected chi connectivity index (χ4v) is 4.52. The molecule has 1 aromatic heterocycles. The molecule has 0 radical (unpaired) electrons. The van der Waals surface area contributed by atoms with Crippen molar-refractivity contribution in [3.8, 4) is 0 Å². The second kappa shape index (κ2) is 9.80. The summed E-state index contributed by atoms with van der Waals surface area (Å²) < 4.78 is 12.5. The minimum Gasteiger partial charge on any atom is -0.399 e. The van der Waals surface area contributed by atoms with Crippen molar-refractivity contribution in [2.75, 3.05) is 43.4 Å². The van der Waals surface area contributed by atoms with E-state index in [1.807, 2.05) is 65.9 Å². The molecule has 188 valence electrons. The summed E-state index contributed by atoms with van der Waals surface area (Å²) in [6, 6.07) is 7.96. The molecule has 0 unspecified atom stereocenters. The molecule has 8 nitrogen and oxygen atoms in total. The fourth-order valence-electron chi connectivity index (χ4n) is 4.52. The summed E-state index contributed by atoms with van der Waals surface area (Å²) in [6.07, 6.45) is 1.90. The summed E-state index contributed by atoms with van der Waals surface area (Å²) in [7, 11) is 1.64. The van der Waals surface area contributed by atoms with Gasteiger partial charge in [0.15, 0.2) is 0 Å². The van der Waals surface area contributed by atoms with Crippen LogP contribution in [0.15, 0.2) is 30.5 Å². The third-order valence-electron chi connectivity index (χ3n) is 7.39. The normalized spacial score (nSPS) is 20.7. The van der Waals surface area contributed by atoms with Gasteiger partial charge in [-0.25, -0.2) is 4.98 Å². The van der Waals surface area contributed by atoms with Crippen LogP contribution in [0.3, 0.4) is 0 Å². The highest BCUT2D eigenvalue weighted by atomic mass is 16.7. The fraction of sp³-hybridized carbons (Fsp3) is 0.538. The SMILES string of the molecule is CC.CN1CCN(c2ccc(Nc3ccc(B4OC(C)(C)C(C)(C)O4)c4c3C(=O)NC4)nc2)CC1. The standard InChI is InChI=1S/C24H32BN5O3.C2H6/c1-23(2)24(3,4)33-25(32-23)18-7-8-19(21-17(18)15-27-22(21)31)28-20-9-6-16(14-26-20)30-12-10-29(5)11-13-30;1-2/h6-9,14H,10-13,15H2,1-5H3,(H,26,28)(H,27,31);1-2H3. The van der Waals surface area contributed by atoms with Crippen LogP contribution < -0.4 is 21.0 Å². The average Bonchev–Trinajstić information content (AvgIpc) is 3.32. The number of fused-ring (bicyclic) bond motifs is 1. The molecule has 1 aromatic carbocycles. The molecule has 2 aromatic rings. The Morgan fingerprint density at radius 3 is 2.26 bits per heavy atom. The van der Waals surface area contributed by atoms with E-state index in [9.17, 15) is 4.79 Å². The van der Waals surface area contributed by atoms with Gasteiger partial charge in [-0.1, -0.05) is 19.9 Å². The van der Waals surface area contributed by atoms with Gasteiger partial charge in [0.1, 0.15) is 5.82 Å². The van der Waals surface area contributed by atoms with Crippen LogP contribution in [0.2, 0.25) is 0 Å². The highest BCUT2D eigenvalue weighted by molar-refractivity contribution is 6.63. The zero-order valence-corrected chi connectivity index (χ0v) is 22.1. The molecule has 2 N–H and O–H groups in total. The lowest BCUT2D eigenvalue weighted by Crippen LogP contribution is -2.44. The quantitative estimate of drug-likeness (QED) is 0.653. The number of aromatic nitrogens is 1. The lowest BCUT2D eigenvalue weighted by molar-refractivity contribution is 0.00578. The summed E-state index contributed by atoms with van der Waals surface area (Å²) in [4.78, 5) is 22.0. The maximum atomic E-state index is 12.7. The van der Waals surface area contributed by atoms with E-state index in [0.717, 1.165) is 48.6 Å². The molecular weight excluding hydrogens is 441 g/mol. The molecule has 3 aliphatic heterocycles. The molecule has 5 rings (SSSR count). The number of anilines is 3. The van der Waals surface area contributed by atoms with Crippen molar-refractivity contribution in [2.45, 2.75) is 59.3 Å². The Labute approximate surface area is 209 Å². The number of benzene rings is 1. The Kier molecular flexibility index (Phi) is 7.13. The number of nitrogens with one attached hydrogen (secondary N) is 2. The topological polar surface area (TPSA) is 79.0 Å². The number of rotatable bonds is 4. The second-order valence-electron chi connectivity index (χ2n) is 10.1. The van der Waals surface area contributed by atoms with E-state index in [-0.39, 0.29) is 5.91 Å². The van der Waals surface area contributed by atoms with Crippen LogP contribution >= 0.6 is 0 Å². The van der Waals surface area contributed by atoms with Crippen molar-refractivity contribution < 1.29 is 14.1 Å². The summed E-state index contributed by atoms with van der Waals surface area (Å²) >= 11 is 0. The zero-order chi connectivity index (χ0) is 25.4. The highest BCUT2D eigenvalue weighted by Gasteiger charge is 2.52. The van der Waals surface area contributed by atoms with Crippen molar-refractivity contribution in [2.24, 2.45) is 0 Å². The predicted molar refractivity (Wildman–Crippen MR) is 142 cm³/mol. The van der Waals surface area contributed by atoms with Gasteiger partial charge in [0.25, 0.3) is 5.91 Å². The van der Waals surface area contributed by atoms with Crippen LogP contribution in [0, 0.1) is 0 Å². The van der Waals surface area contributed by atoms with Gasteiger partial charge >= 0.3 is 7.12 Å². The van der Waals surface area contributed by atoms with Gasteiger partial charge in [0.05, 0.1) is 34.3 Å². The van der Waals surface area contributed by atoms with Crippen molar-refractivity contribution in [1.29, 1.82) is 0 Å². The molecule has 0 bridgehead atoms. The molecule has 0 atom stereocenters. The molecule has 9 heteroatoms. The van der Waals surface area contributed by atoms with E-state index in [0.29, 0.717) is 17.9 Å². The van der Waals surface area contributed by atoms with Crippen molar-refractivity contribution in [3.05, 3.63) is 41.6 Å². The Morgan fingerprint density at radius 1 is 1.00 bits per heavy atom. The van der Waals surface area contributed by atoms with Crippen molar-refractivity contribution in [1.82, 2.24) is 15.2 Å². The maximum Gasteiger partial charge on any atom is 0.495 e. The van der Waals surface area contributed by atoms with Crippen LogP contribution in [0.4, 0.5) is 17.2 Å². The summed E-state index contributed by atoms with van der Waals surface area (Å²) in [6.45, 7) is 16.7. The second-order valence-corrected chi connectivity index (χ2v) is 10.1. The first-order valence-corrected chi connectivity index (χ1v) is 12.6. The van der Waals surface area contributed by atoms with E-state index >= 15 is 0 Å². The molecule has 3 aliphatic rings. The first-order chi connectivity index (χ1) is 16.6. The Morgan fingerprint density at radius 2 is 1.66 bits per heavy atom. The minimum absolute atomic E-state index is 0.0973. The number of hydrogen-bond donors (Lipinski definition) is 2. The first kappa shape index (κ1) is 25.5. The summed E-state index contributed by atoms with van der Waals surface area (Å²) in [5, 5.41) is 6.29. The van der Waals surface area contributed by atoms with Gasteiger partial charge in [0.2, 0.25) is 0 Å². The molecule has 0 saturated carbocycles. The Bertz CT molecular complexity index is 1050. The van der Waals surface area contributed by atoms with Crippen LogP contribution in [0.5, 0.6) is 0 Å². The van der Waals surface area contributed by atoms with Gasteiger partial charge in [0, 0.05) is 32.7 Å². The van der Waals surface area contributed by atoms with E-state index in [2.05, 4.69) is 38.5 Å². The predicted octanol–water partition coefficient (Wildman–Crippen LogP) is 3.15. The van der Waals surface area contributed by atoms with Crippen LogP contribution in [0.25, 0.3) is 0 Å². The van der Waals surface area contributed by atoms with Gasteiger partial charge in [-0.15, -0.1) is 0 Å². The van der Waals surface area contributed by atoms with Crippen LogP contribution in [-0.2, 0) is 15.9 Å². The lowest BCUT2D eigenvalue weighted by Gasteiger charge is -2.33. The van der Waals surface area contributed by atoms with Gasteiger partial charge in [-0.2, -0.15) is 0 Å². The maximum absolute atomic E-state index is 12.7. The number of pyridine rings is 1. The zero-order valence-electron chi connectivity index (χ0n) is 22.1. The Balaban J connectivity index is 0.00000141. The number of likely N-dealkylation sites (N-methyl/N-ethyl adjacent to an activating group) is 1. The highest BCUT2D eigenvalue weighted by Crippen LogP contribution is 2.37. The van der Waals surface area contributed by atoms with Crippen molar-refractivity contribution >= 4 is 35.7 Å². The number of carbonyl (C=O) groups excluding carboxylic acids is 1. The monoisotopic (exact) mass is 479 g/mol. The van der Waals surface area contributed by atoms with E-state index in [4.69, 9.17) is 9.31 Å².